The van der Waals surface area contributed by atoms with E-state index in [-0.39, 0.29) is 12.5 Å². The number of hydrogen-bond donors (Lipinski definition) is 2. The number of piperidine rings is 1. The molecule has 34 heavy (non-hydrogen) atoms. The lowest BCUT2D eigenvalue weighted by molar-refractivity contribution is -0.000137. The van der Waals surface area contributed by atoms with E-state index >= 15 is 0 Å². The number of β-amino-alcohol motifs (C(OH)–C–C–N with tert-alkyl or cyclic N) is 1. The molecule has 9 nitrogen and oxygen atoms in total. The number of likely N-dealkylation sites (N-methyl/N-ethyl adjacent to an activating group) is 1. The molecule has 1 aromatic carbocycles. The fourth-order valence-electron chi connectivity index (χ4n) is 4.82. The molecule has 1 amide bonds. The first kappa shape index (κ1) is 24.2. The highest BCUT2D eigenvalue weighted by molar-refractivity contribution is 5.94. The molecule has 2 aromatic rings. The van der Waals surface area contributed by atoms with Gasteiger partial charge in [-0.05, 0) is 63.0 Å². The van der Waals surface area contributed by atoms with Crippen molar-refractivity contribution in [2.45, 2.75) is 31.3 Å². The smallest absolute Gasteiger partial charge is 0.253 e. The first-order chi connectivity index (χ1) is 16.5. The summed E-state index contributed by atoms with van der Waals surface area (Å²) in [4.78, 5) is 27.6. The van der Waals surface area contributed by atoms with Crippen LogP contribution in [0.1, 0.15) is 36.0 Å². The summed E-state index contributed by atoms with van der Waals surface area (Å²) >= 11 is 0. The molecule has 0 spiro atoms. The Morgan fingerprint density at radius 2 is 1.94 bits per heavy atom. The SMILES string of the molecule is CNc1cc(N2CCC[C@](O)(CN(C)C(=O)c3ccc(OCCN4CCCC4)cc3)C2)ncn1. The van der Waals surface area contributed by atoms with Gasteiger partial charge >= 0.3 is 0 Å². The highest BCUT2D eigenvalue weighted by Gasteiger charge is 2.36. The number of carbonyl (C=O) groups excluding carboxylic acids is 1. The number of benzene rings is 1. The molecule has 0 aliphatic carbocycles. The van der Waals surface area contributed by atoms with Crippen LogP contribution in [0.2, 0.25) is 0 Å². The van der Waals surface area contributed by atoms with Gasteiger partial charge in [0.2, 0.25) is 0 Å². The molecule has 0 bridgehead atoms. The Labute approximate surface area is 201 Å². The van der Waals surface area contributed by atoms with Gasteiger partial charge in [-0.25, -0.2) is 9.97 Å². The van der Waals surface area contributed by atoms with Gasteiger partial charge in [0.25, 0.3) is 5.91 Å². The maximum absolute atomic E-state index is 13.0. The van der Waals surface area contributed by atoms with E-state index in [2.05, 4.69) is 25.1 Å². The highest BCUT2D eigenvalue weighted by Crippen LogP contribution is 2.27. The number of amides is 1. The van der Waals surface area contributed by atoms with Gasteiger partial charge in [0.1, 0.15) is 30.3 Å². The van der Waals surface area contributed by atoms with Crippen LogP contribution in [0.15, 0.2) is 36.7 Å². The summed E-state index contributed by atoms with van der Waals surface area (Å²) in [5, 5.41) is 14.3. The quantitative estimate of drug-likeness (QED) is 0.578. The van der Waals surface area contributed by atoms with Crippen molar-refractivity contribution in [1.29, 1.82) is 0 Å². The van der Waals surface area contributed by atoms with E-state index in [4.69, 9.17) is 4.74 Å². The van der Waals surface area contributed by atoms with Gasteiger partial charge in [-0.2, -0.15) is 0 Å². The van der Waals surface area contributed by atoms with E-state index in [1.54, 1.807) is 24.1 Å². The van der Waals surface area contributed by atoms with E-state index in [1.165, 1.54) is 19.2 Å². The Morgan fingerprint density at radius 3 is 2.68 bits per heavy atom. The average molecular weight is 469 g/mol. The number of aliphatic hydroxyl groups is 1. The molecule has 2 N–H and O–H groups in total. The van der Waals surface area contributed by atoms with Gasteiger partial charge in [-0.15, -0.1) is 0 Å². The van der Waals surface area contributed by atoms with E-state index in [0.717, 1.165) is 50.0 Å². The van der Waals surface area contributed by atoms with Gasteiger partial charge in [0.05, 0.1) is 12.1 Å². The second-order valence-electron chi connectivity index (χ2n) is 9.34. The first-order valence-corrected chi connectivity index (χ1v) is 12.1. The number of rotatable bonds is 9. The van der Waals surface area contributed by atoms with Crippen molar-refractivity contribution in [3.05, 3.63) is 42.2 Å². The molecule has 0 saturated carbocycles. The summed E-state index contributed by atoms with van der Waals surface area (Å²) in [6, 6.07) is 9.14. The van der Waals surface area contributed by atoms with Crippen LogP contribution in [-0.4, -0.2) is 96.4 Å². The Kier molecular flexibility index (Phi) is 7.84. The lowest BCUT2D eigenvalue weighted by atomic mass is 9.92. The van der Waals surface area contributed by atoms with Crippen LogP contribution in [0.4, 0.5) is 11.6 Å². The van der Waals surface area contributed by atoms with E-state index in [1.807, 2.05) is 25.2 Å². The van der Waals surface area contributed by atoms with Crippen LogP contribution in [0.25, 0.3) is 0 Å². The molecule has 4 rings (SSSR count). The molecule has 9 heteroatoms. The van der Waals surface area contributed by atoms with Gasteiger partial charge < -0.3 is 25.0 Å². The van der Waals surface area contributed by atoms with Crippen LogP contribution < -0.4 is 15.0 Å². The molecule has 2 aliphatic heterocycles. The Balaban J connectivity index is 1.31. The molecule has 0 unspecified atom stereocenters. The van der Waals surface area contributed by atoms with Gasteiger partial charge in [-0.3, -0.25) is 9.69 Å². The van der Waals surface area contributed by atoms with E-state index < -0.39 is 5.60 Å². The third-order valence-electron chi connectivity index (χ3n) is 6.64. The monoisotopic (exact) mass is 468 g/mol. The van der Waals surface area contributed by atoms with Crippen molar-refractivity contribution in [3.63, 3.8) is 0 Å². The van der Waals surface area contributed by atoms with Gasteiger partial charge in [0, 0.05) is 45.4 Å². The molecule has 3 heterocycles. The third kappa shape index (κ3) is 6.15. The number of hydrogen-bond acceptors (Lipinski definition) is 8. The van der Waals surface area contributed by atoms with Crippen LogP contribution in [0, 0.1) is 0 Å². The van der Waals surface area contributed by atoms with Crippen LogP contribution in [0.5, 0.6) is 5.75 Å². The minimum absolute atomic E-state index is 0.117. The predicted molar refractivity (Wildman–Crippen MR) is 133 cm³/mol. The molecular weight excluding hydrogens is 432 g/mol. The van der Waals surface area contributed by atoms with Crippen molar-refractivity contribution >= 4 is 17.5 Å². The highest BCUT2D eigenvalue weighted by atomic mass is 16.5. The zero-order valence-electron chi connectivity index (χ0n) is 20.2. The zero-order valence-corrected chi connectivity index (χ0v) is 20.2. The summed E-state index contributed by atoms with van der Waals surface area (Å²) in [5.41, 5.74) is -0.424. The van der Waals surface area contributed by atoms with Crippen LogP contribution in [0.3, 0.4) is 0 Å². The molecule has 2 aliphatic rings. The average Bonchev–Trinajstić information content (AvgIpc) is 3.37. The van der Waals surface area contributed by atoms with Crippen LogP contribution >= 0.6 is 0 Å². The number of aromatic nitrogens is 2. The molecule has 184 valence electrons. The predicted octanol–water partition coefficient (Wildman–Crippen LogP) is 2.10. The molecule has 2 fully saturated rings. The first-order valence-electron chi connectivity index (χ1n) is 12.1. The van der Waals surface area contributed by atoms with Crippen molar-refractivity contribution in [2.75, 3.05) is 70.2 Å². The number of nitrogens with zero attached hydrogens (tertiary/aromatic N) is 5. The van der Waals surface area contributed by atoms with Crippen molar-refractivity contribution in [1.82, 2.24) is 19.8 Å². The maximum atomic E-state index is 13.0. The second kappa shape index (κ2) is 11.0. The number of ether oxygens (including phenoxy) is 1. The number of carbonyl (C=O) groups is 1. The molecular formula is C25H36N6O3. The van der Waals surface area contributed by atoms with Crippen molar-refractivity contribution in [3.8, 4) is 5.75 Å². The molecule has 2 saturated heterocycles. The Bertz CT molecular complexity index is 950. The largest absolute Gasteiger partial charge is 0.492 e. The molecule has 1 atom stereocenters. The number of nitrogens with one attached hydrogen (secondary N) is 1. The summed E-state index contributed by atoms with van der Waals surface area (Å²) in [7, 11) is 3.55. The van der Waals surface area contributed by atoms with Crippen molar-refractivity contribution < 1.29 is 14.6 Å². The normalized spacial score (nSPS) is 20.9. The minimum atomic E-state index is -1.01. The molecule has 0 radical (unpaired) electrons. The second-order valence-corrected chi connectivity index (χ2v) is 9.34. The summed E-state index contributed by atoms with van der Waals surface area (Å²) in [6.07, 6.45) is 5.52. The number of likely N-dealkylation sites (tertiary alicyclic amines) is 1. The number of anilines is 2. The standard InChI is InChI=1S/C25H36N6O3/c1-26-22-16-23(28-19-27-22)31-13-5-10-25(33,18-31)17-29(2)24(32)20-6-8-21(9-7-20)34-15-14-30-11-3-4-12-30/h6-9,16,19,33H,3-5,10-15,17-18H2,1-2H3,(H,26,27,28)/t25-/m0/s1. The van der Waals surface area contributed by atoms with Gasteiger partial charge in [0.15, 0.2) is 0 Å². The fourth-order valence-corrected chi connectivity index (χ4v) is 4.82. The van der Waals surface area contributed by atoms with E-state index in [9.17, 15) is 9.90 Å². The Morgan fingerprint density at radius 1 is 1.18 bits per heavy atom. The van der Waals surface area contributed by atoms with Crippen LogP contribution in [-0.2, 0) is 0 Å². The minimum Gasteiger partial charge on any atom is -0.492 e. The third-order valence-corrected chi connectivity index (χ3v) is 6.64. The van der Waals surface area contributed by atoms with E-state index in [0.29, 0.717) is 25.1 Å². The lowest BCUT2D eigenvalue weighted by Crippen LogP contribution is -2.54. The lowest BCUT2D eigenvalue weighted by Gasteiger charge is -2.41. The fraction of sp³-hybridized carbons (Fsp3) is 0.560. The maximum Gasteiger partial charge on any atom is 0.253 e. The topological polar surface area (TPSA) is 94.1 Å². The summed E-state index contributed by atoms with van der Waals surface area (Å²) in [5.74, 6) is 2.15. The van der Waals surface area contributed by atoms with Gasteiger partial charge in [-0.1, -0.05) is 0 Å². The summed E-state index contributed by atoms with van der Waals surface area (Å²) in [6.45, 7) is 5.37. The Hall–Kier alpha value is -2.91. The van der Waals surface area contributed by atoms with Crippen molar-refractivity contribution in [2.24, 2.45) is 0 Å². The molecule has 1 aromatic heterocycles. The zero-order chi connectivity index (χ0) is 24.0. The summed E-state index contributed by atoms with van der Waals surface area (Å²) < 4.78 is 5.84.